The van der Waals surface area contributed by atoms with Gasteiger partial charge < -0.3 is 4.89 Å². The molecule has 0 radical (unpaired) electrons. The summed E-state index contributed by atoms with van der Waals surface area (Å²) in [6, 6.07) is 0. The number of rotatable bonds is 15. The first kappa shape index (κ1) is 21.1. The van der Waals surface area contributed by atoms with Crippen LogP contribution in [0.2, 0.25) is 0 Å². The van der Waals surface area contributed by atoms with Gasteiger partial charge in [-0.1, -0.05) is 24.4 Å². The highest BCUT2D eigenvalue weighted by Gasteiger charge is 2.18. The molecule has 0 aliphatic heterocycles. The molecule has 0 bridgehead atoms. The van der Waals surface area contributed by atoms with Gasteiger partial charge >= 0.3 is 7.82 Å². The van der Waals surface area contributed by atoms with Crippen molar-refractivity contribution in [3.8, 4) is 0 Å². The van der Waals surface area contributed by atoms with Crippen molar-refractivity contribution < 1.29 is 23.3 Å². The van der Waals surface area contributed by atoms with Gasteiger partial charge in [0.15, 0.2) is 0 Å². The maximum Gasteiger partial charge on any atom is 0.472 e. The van der Waals surface area contributed by atoms with Gasteiger partial charge in [-0.05, 0) is 31.7 Å². The molecule has 0 heterocycles. The summed E-state index contributed by atoms with van der Waals surface area (Å²) in [5.41, 5.74) is 8.09. The molecule has 0 aliphatic rings. The topological polar surface area (TPSA) is 122 Å². The summed E-state index contributed by atoms with van der Waals surface area (Å²) in [6.45, 7) is 2.35. The van der Waals surface area contributed by atoms with E-state index < -0.39 is 7.82 Å². The van der Waals surface area contributed by atoms with Gasteiger partial charge in [0.05, 0.1) is 13.2 Å². The molecule has 0 aromatic rings. The Kier molecular flexibility index (Phi) is 13.2. The molecule has 0 aromatic heterocycles. The highest BCUT2D eigenvalue weighted by molar-refractivity contribution is 7.47. The van der Waals surface area contributed by atoms with Crippen molar-refractivity contribution in [3.63, 3.8) is 0 Å². The summed E-state index contributed by atoms with van der Waals surface area (Å²) < 4.78 is 20.6. The van der Waals surface area contributed by atoms with E-state index in [1.54, 1.807) is 6.92 Å². The molecule has 1 unspecified atom stereocenters. The number of nitrogens with zero attached hydrogens (tertiary/aromatic N) is 3. The molecule has 1 atom stereocenters. The van der Waals surface area contributed by atoms with Crippen LogP contribution in [-0.4, -0.2) is 30.4 Å². The van der Waals surface area contributed by atoms with E-state index in [2.05, 4.69) is 14.5 Å². The third kappa shape index (κ3) is 14.0. The van der Waals surface area contributed by atoms with Crippen LogP contribution in [0.5, 0.6) is 0 Å². The SMILES string of the molecule is CCOP(=O)(O)OCCCCCCCC(=O)CCCN=[N+]=[N-]. The maximum atomic E-state index is 11.5. The summed E-state index contributed by atoms with van der Waals surface area (Å²) in [5.74, 6) is 0.203. The summed E-state index contributed by atoms with van der Waals surface area (Å²) in [7, 11) is -3.86. The minimum atomic E-state index is -3.86. The number of Topliss-reactive ketones (excluding diaryl/α,β-unsaturated/α-hetero) is 1. The third-order valence-electron chi connectivity index (χ3n) is 2.92. The monoisotopic (exact) mass is 335 g/mol. The van der Waals surface area contributed by atoms with Gasteiger partial charge in [0.25, 0.3) is 0 Å². The van der Waals surface area contributed by atoms with E-state index in [1.165, 1.54) is 0 Å². The Bertz CT molecular complexity index is 399. The number of phosphoric ester groups is 1. The van der Waals surface area contributed by atoms with Crippen LogP contribution in [0.3, 0.4) is 0 Å². The second-order valence-corrected chi connectivity index (χ2v) is 6.29. The van der Waals surface area contributed by atoms with Crippen LogP contribution in [0.25, 0.3) is 10.4 Å². The minimum Gasteiger partial charge on any atom is -0.302 e. The molecule has 8 nitrogen and oxygen atoms in total. The predicted molar refractivity (Wildman–Crippen MR) is 83.4 cm³/mol. The second-order valence-electron chi connectivity index (χ2n) is 4.83. The Morgan fingerprint density at radius 1 is 1.14 bits per heavy atom. The number of azide groups is 1. The van der Waals surface area contributed by atoms with E-state index in [0.717, 1.165) is 25.7 Å². The van der Waals surface area contributed by atoms with Crippen molar-refractivity contribution >= 4 is 13.6 Å². The zero-order chi connectivity index (χ0) is 16.7. The standard InChI is InChI=1S/C13H26N3O5P/c1-2-20-22(18,19)21-12-7-5-3-4-6-9-13(17)10-8-11-15-16-14/h2-12H2,1H3,(H,18,19). The number of carbonyl (C=O) groups excluding carboxylic acids is 1. The van der Waals surface area contributed by atoms with Gasteiger partial charge in [-0.25, -0.2) is 4.57 Å². The van der Waals surface area contributed by atoms with E-state index >= 15 is 0 Å². The first-order chi connectivity index (χ1) is 10.5. The van der Waals surface area contributed by atoms with Crippen molar-refractivity contribution in [3.05, 3.63) is 10.4 Å². The van der Waals surface area contributed by atoms with Crippen LogP contribution >= 0.6 is 7.82 Å². The van der Waals surface area contributed by atoms with E-state index in [-0.39, 0.29) is 19.0 Å². The molecule has 0 aliphatic carbocycles. The Morgan fingerprint density at radius 3 is 2.45 bits per heavy atom. The van der Waals surface area contributed by atoms with Crippen LogP contribution in [0.1, 0.15) is 58.3 Å². The average Bonchev–Trinajstić information content (AvgIpc) is 2.46. The lowest BCUT2D eigenvalue weighted by Gasteiger charge is -2.10. The summed E-state index contributed by atoms with van der Waals surface area (Å²) in [4.78, 5) is 23.3. The number of ketones is 1. The molecule has 0 amide bonds. The number of carbonyl (C=O) groups is 1. The summed E-state index contributed by atoms with van der Waals surface area (Å²) in [6.07, 6.45) is 5.97. The Morgan fingerprint density at radius 2 is 1.77 bits per heavy atom. The van der Waals surface area contributed by atoms with Crippen molar-refractivity contribution in [2.24, 2.45) is 5.11 Å². The molecule has 0 rings (SSSR count). The highest BCUT2D eigenvalue weighted by Crippen LogP contribution is 2.42. The molecule has 1 N–H and O–H groups in total. The van der Waals surface area contributed by atoms with Crippen LogP contribution in [-0.2, 0) is 18.4 Å². The zero-order valence-electron chi connectivity index (χ0n) is 13.1. The largest absolute Gasteiger partial charge is 0.472 e. The van der Waals surface area contributed by atoms with Crippen LogP contribution < -0.4 is 0 Å². The van der Waals surface area contributed by atoms with Gasteiger partial charge in [0.2, 0.25) is 0 Å². The summed E-state index contributed by atoms with van der Waals surface area (Å²) >= 11 is 0. The van der Waals surface area contributed by atoms with Crippen molar-refractivity contribution in [2.45, 2.75) is 58.3 Å². The molecule has 128 valence electrons. The fraction of sp³-hybridized carbons (Fsp3) is 0.923. The van der Waals surface area contributed by atoms with Gasteiger partial charge in [-0.2, -0.15) is 0 Å². The predicted octanol–water partition coefficient (Wildman–Crippen LogP) is 4.14. The lowest BCUT2D eigenvalue weighted by atomic mass is 10.1. The molecule has 0 aromatic carbocycles. The lowest BCUT2D eigenvalue weighted by molar-refractivity contribution is -0.119. The Labute approximate surface area is 131 Å². The van der Waals surface area contributed by atoms with Crippen LogP contribution in [0.15, 0.2) is 5.11 Å². The van der Waals surface area contributed by atoms with E-state index in [0.29, 0.717) is 32.2 Å². The molecular formula is C13H26N3O5P. The van der Waals surface area contributed by atoms with Gasteiger partial charge in [0, 0.05) is 24.3 Å². The fourth-order valence-electron chi connectivity index (χ4n) is 1.85. The van der Waals surface area contributed by atoms with Crippen LogP contribution in [0.4, 0.5) is 0 Å². The van der Waals surface area contributed by atoms with E-state index in [1.807, 2.05) is 0 Å². The van der Waals surface area contributed by atoms with Crippen molar-refractivity contribution in [1.82, 2.24) is 0 Å². The molecule has 0 spiro atoms. The molecule has 0 saturated carbocycles. The first-order valence-electron chi connectivity index (χ1n) is 7.66. The quantitative estimate of drug-likeness (QED) is 0.158. The molecule has 9 heteroatoms. The van der Waals surface area contributed by atoms with E-state index in [4.69, 9.17) is 14.9 Å². The lowest BCUT2D eigenvalue weighted by Crippen LogP contribution is -1.99. The molecule has 22 heavy (non-hydrogen) atoms. The first-order valence-corrected chi connectivity index (χ1v) is 9.16. The third-order valence-corrected chi connectivity index (χ3v) is 4.02. The second kappa shape index (κ2) is 13.7. The smallest absolute Gasteiger partial charge is 0.302 e. The van der Waals surface area contributed by atoms with Crippen LogP contribution in [0, 0.1) is 0 Å². The van der Waals surface area contributed by atoms with Gasteiger partial charge in [-0.3, -0.25) is 13.8 Å². The Balaban J connectivity index is 3.38. The Hall–Kier alpha value is -0.910. The molecule has 0 saturated heterocycles. The molecular weight excluding hydrogens is 309 g/mol. The van der Waals surface area contributed by atoms with Crippen molar-refractivity contribution in [1.29, 1.82) is 0 Å². The number of phosphoric acid groups is 1. The van der Waals surface area contributed by atoms with Gasteiger partial charge in [-0.15, -0.1) is 0 Å². The minimum absolute atomic E-state index is 0.144. The highest BCUT2D eigenvalue weighted by atomic mass is 31.2. The average molecular weight is 335 g/mol. The summed E-state index contributed by atoms with van der Waals surface area (Å²) in [5, 5.41) is 3.38. The number of unbranched alkanes of at least 4 members (excludes halogenated alkanes) is 4. The molecule has 0 fully saturated rings. The number of hydrogen-bond acceptors (Lipinski definition) is 5. The van der Waals surface area contributed by atoms with E-state index in [9.17, 15) is 9.36 Å². The van der Waals surface area contributed by atoms with Crippen molar-refractivity contribution in [2.75, 3.05) is 19.8 Å². The van der Waals surface area contributed by atoms with Gasteiger partial charge in [0.1, 0.15) is 5.78 Å². The fourth-order valence-corrected chi connectivity index (χ4v) is 2.61. The normalized spacial score (nSPS) is 13.4. The number of hydrogen-bond donors (Lipinski definition) is 1. The zero-order valence-corrected chi connectivity index (χ0v) is 14.0. The maximum absolute atomic E-state index is 11.5.